The number of nitrogens with zero attached hydrogens (tertiary/aromatic N) is 4. The Kier molecular flexibility index (Phi) is 5.15. The molecule has 1 aromatic heterocycles. The summed E-state index contributed by atoms with van der Waals surface area (Å²) in [6.45, 7) is 0.496. The Morgan fingerprint density at radius 1 is 1.03 bits per heavy atom. The molecule has 2 heterocycles. The zero-order valence-electron chi connectivity index (χ0n) is 18.9. The number of aliphatic hydroxyl groups is 2. The molecule has 0 spiro atoms. The molecular formula is C27H24N4O3. The molecule has 3 aromatic rings. The molecule has 2 N–H and O–H groups in total. The molecule has 0 saturated heterocycles. The molecule has 2 aromatic carbocycles. The number of pyridine rings is 1. The van der Waals surface area contributed by atoms with Crippen LogP contribution in [0.5, 0.6) is 5.75 Å². The minimum Gasteiger partial charge on any atom is -0.476 e. The largest absolute Gasteiger partial charge is 0.476 e. The predicted molar refractivity (Wildman–Crippen MR) is 124 cm³/mol. The highest BCUT2D eigenvalue weighted by molar-refractivity contribution is 5.55. The summed E-state index contributed by atoms with van der Waals surface area (Å²) in [4.78, 5) is 6.40. The van der Waals surface area contributed by atoms with E-state index in [4.69, 9.17) is 4.74 Å². The van der Waals surface area contributed by atoms with E-state index < -0.39 is 29.1 Å². The lowest BCUT2D eigenvalue weighted by Crippen LogP contribution is -2.52. The van der Waals surface area contributed by atoms with Crippen LogP contribution in [0.25, 0.3) is 0 Å². The van der Waals surface area contributed by atoms with E-state index in [0.29, 0.717) is 23.2 Å². The van der Waals surface area contributed by atoms with Gasteiger partial charge in [0.25, 0.3) is 0 Å². The number of rotatable bonds is 4. The van der Waals surface area contributed by atoms with E-state index in [1.807, 2.05) is 49.3 Å². The Bertz CT molecular complexity index is 1310. The van der Waals surface area contributed by atoms with Crippen molar-refractivity contribution in [1.82, 2.24) is 9.88 Å². The third-order valence-electron chi connectivity index (χ3n) is 7.06. The molecular weight excluding hydrogens is 428 g/mol. The summed E-state index contributed by atoms with van der Waals surface area (Å²) in [5.41, 5.74) is -0.791. The molecule has 2 aliphatic rings. The smallest absolute Gasteiger partial charge is 0.181 e. The second-order valence-corrected chi connectivity index (χ2v) is 9.24. The molecule has 7 nitrogen and oxygen atoms in total. The first kappa shape index (κ1) is 22.1. The summed E-state index contributed by atoms with van der Waals surface area (Å²) in [7, 11) is 3.85. The van der Waals surface area contributed by atoms with Gasteiger partial charge in [-0.15, -0.1) is 0 Å². The normalized spacial score (nSPS) is 29.1. The van der Waals surface area contributed by atoms with Crippen molar-refractivity contribution in [3.63, 3.8) is 0 Å². The van der Waals surface area contributed by atoms with E-state index >= 15 is 0 Å². The predicted octanol–water partition coefficient (Wildman–Crippen LogP) is 2.64. The minimum absolute atomic E-state index is 0.213. The quantitative estimate of drug-likeness (QED) is 0.626. The second-order valence-electron chi connectivity index (χ2n) is 9.24. The summed E-state index contributed by atoms with van der Waals surface area (Å²) >= 11 is 0. The van der Waals surface area contributed by atoms with Gasteiger partial charge in [-0.25, -0.2) is 0 Å². The van der Waals surface area contributed by atoms with Crippen molar-refractivity contribution in [1.29, 1.82) is 10.5 Å². The first-order valence-electron chi connectivity index (χ1n) is 11.1. The van der Waals surface area contributed by atoms with Crippen LogP contribution in [-0.4, -0.2) is 46.8 Å². The van der Waals surface area contributed by atoms with Gasteiger partial charge in [-0.2, -0.15) is 10.5 Å². The highest BCUT2D eigenvalue weighted by Gasteiger charge is 2.76. The molecule has 5 unspecified atom stereocenters. The van der Waals surface area contributed by atoms with Gasteiger partial charge in [0, 0.05) is 30.6 Å². The van der Waals surface area contributed by atoms with Crippen LogP contribution in [0.2, 0.25) is 0 Å². The van der Waals surface area contributed by atoms with Crippen molar-refractivity contribution in [2.24, 2.45) is 5.92 Å². The Hall–Kier alpha value is -3.75. The maximum absolute atomic E-state index is 12.5. The Morgan fingerprint density at radius 3 is 2.32 bits per heavy atom. The van der Waals surface area contributed by atoms with Crippen molar-refractivity contribution >= 4 is 0 Å². The van der Waals surface area contributed by atoms with Gasteiger partial charge in [0.15, 0.2) is 11.2 Å². The molecule has 5 atom stereocenters. The van der Waals surface area contributed by atoms with Gasteiger partial charge >= 0.3 is 0 Å². The summed E-state index contributed by atoms with van der Waals surface area (Å²) < 4.78 is 6.65. The van der Waals surface area contributed by atoms with Crippen molar-refractivity contribution in [3.05, 3.63) is 94.8 Å². The molecule has 7 heteroatoms. The van der Waals surface area contributed by atoms with Gasteiger partial charge in [0.2, 0.25) is 0 Å². The van der Waals surface area contributed by atoms with Crippen LogP contribution in [-0.2, 0) is 11.2 Å². The summed E-state index contributed by atoms with van der Waals surface area (Å²) in [6.07, 6.45) is 0.177. The fourth-order valence-electron chi connectivity index (χ4n) is 5.77. The van der Waals surface area contributed by atoms with Crippen LogP contribution in [0, 0.1) is 28.6 Å². The Labute approximate surface area is 198 Å². The van der Waals surface area contributed by atoms with E-state index in [0.717, 1.165) is 5.56 Å². The van der Waals surface area contributed by atoms with Crippen LogP contribution in [0.1, 0.15) is 33.9 Å². The van der Waals surface area contributed by atoms with E-state index in [-0.39, 0.29) is 11.4 Å². The lowest BCUT2D eigenvalue weighted by Gasteiger charge is -2.40. The van der Waals surface area contributed by atoms with E-state index in [1.54, 1.807) is 30.3 Å². The number of aromatic nitrogens is 1. The number of nitriles is 2. The third kappa shape index (κ3) is 2.89. The van der Waals surface area contributed by atoms with E-state index in [2.05, 4.69) is 17.1 Å². The molecule has 0 bridgehead atoms. The SMILES string of the molecule is CN(C)CC1C(O)C2(O)c3ncc(C#N)cc3OC2(c2ccc(C#N)cc2)C1c1ccccc1. The van der Waals surface area contributed by atoms with Crippen LogP contribution >= 0.6 is 0 Å². The first-order valence-corrected chi connectivity index (χ1v) is 11.1. The van der Waals surface area contributed by atoms with Crippen LogP contribution in [0.15, 0.2) is 66.9 Å². The fourth-order valence-corrected chi connectivity index (χ4v) is 5.77. The molecule has 34 heavy (non-hydrogen) atoms. The van der Waals surface area contributed by atoms with Crippen LogP contribution < -0.4 is 4.74 Å². The van der Waals surface area contributed by atoms with Gasteiger partial charge in [-0.1, -0.05) is 42.5 Å². The van der Waals surface area contributed by atoms with Crippen molar-refractivity contribution in [2.75, 3.05) is 20.6 Å². The van der Waals surface area contributed by atoms with E-state index in [1.165, 1.54) is 6.20 Å². The third-order valence-corrected chi connectivity index (χ3v) is 7.06. The van der Waals surface area contributed by atoms with Crippen molar-refractivity contribution in [2.45, 2.75) is 23.2 Å². The minimum atomic E-state index is -1.88. The van der Waals surface area contributed by atoms with Gasteiger partial charge in [-0.3, -0.25) is 4.98 Å². The Balaban J connectivity index is 1.83. The van der Waals surface area contributed by atoms with Crippen molar-refractivity contribution in [3.8, 4) is 17.9 Å². The highest BCUT2D eigenvalue weighted by atomic mass is 16.5. The number of hydrogen-bond acceptors (Lipinski definition) is 7. The highest BCUT2D eigenvalue weighted by Crippen LogP contribution is 2.68. The zero-order chi connectivity index (χ0) is 24.1. The molecule has 170 valence electrons. The zero-order valence-corrected chi connectivity index (χ0v) is 18.9. The van der Waals surface area contributed by atoms with Gasteiger partial charge in [0.1, 0.15) is 17.5 Å². The number of fused-ring (bicyclic) bond motifs is 3. The lowest BCUT2D eigenvalue weighted by atomic mass is 9.71. The number of ether oxygens (including phenoxy) is 1. The summed E-state index contributed by atoms with van der Waals surface area (Å²) in [6, 6.07) is 22.3. The fraction of sp³-hybridized carbons (Fsp3) is 0.296. The second kappa shape index (κ2) is 7.93. The topological polar surface area (TPSA) is 113 Å². The van der Waals surface area contributed by atoms with Crippen LogP contribution in [0.3, 0.4) is 0 Å². The standard InChI is InChI=1S/C27H24N4O3/c1-31(2)16-21-23(19-6-4-3-5-7-19)27(20-10-8-17(13-28)9-11-20)26(33,25(21)32)24-22(34-27)12-18(14-29)15-30-24/h3-12,15,21,23,25,32-33H,16H2,1-2H3. The number of hydrogen-bond donors (Lipinski definition) is 2. The number of benzene rings is 2. The van der Waals surface area contributed by atoms with Gasteiger partial charge in [-0.05, 0) is 37.4 Å². The van der Waals surface area contributed by atoms with E-state index in [9.17, 15) is 20.7 Å². The molecule has 1 aliphatic heterocycles. The lowest BCUT2D eigenvalue weighted by molar-refractivity contribution is -0.153. The van der Waals surface area contributed by atoms with Gasteiger partial charge in [0.05, 0.1) is 23.3 Å². The Morgan fingerprint density at radius 2 is 1.71 bits per heavy atom. The molecule has 5 rings (SSSR count). The first-order chi connectivity index (χ1) is 16.4. The molecule has 0 amide bonds. The number of aliphatic hydroxyl groups excluding tert-OH is 1. The summed E-state index contributed by atoms with van der Waals surface area (Å²) in [5.74, 6) is -0.582. The summed E-state index contributed by atoms with van der Waals surface area (Å²) in [5, 5.41) is 43.0. The monoisotopic (exact) mass is 452 g/mol. The average molecular weight is 453 g/mol. The maximum Gasteiger partial charge on any atom is 0.181 e. The van der Waals surface area contributed by atoms with Gasteiger partial charge < -0.3 is 19.8 Å². The molecule has 1 aliphatic carbocycles. The van der Waals surface area contributed by atoms with Crippen molar-refractivity contribution < 1.29 is 14.9 Å². The maximum atomic E-state index is 12.5. The van der Waals surface area contributed by atoms with Crippen LogP contribution in [0.4, 0.5) is 0 Å². The molecule has 0 radical (unpaired) electrons. The average Bonchev–Trinajstić information content (AvgIpc) is 3.22. The molecule has 1 fully saturated rings. The molecule has 1 saturated carbocycles.